The fourth-order valence-electron chi connectivity index (χ4n) is 2.13. The molecule has 1 nitrogen and oxygen atoms in total. The van der Waals surface area contributed by atoms with Crippen LogP contribution >= 0.6 is 11.6 Å². The van der Waals surface area contributed by atoms with Gasteiger partial charge in [-0.1, -0.05) is 17.7 Å². The maximum absolute atomic E-state index is 5.93. The van der Waals surface area contributed by atoms with E-state index >= 15 is 0 Å². The van der Waals surface area contributed by atoms with E-state index in [0.717, 1.165) is 11.6 Å². The second-order valence-corrected chi connectivity index (χ2v) is 4.07. The lowest BCUT2D eigenvalue weighted by atomic mass is 10.0. The zero-order chi connectivity index (χ0) is 9.26. The SMILES string of the molecule is CNCC1CCc2cc(Cl)ccc21. The molecule has 0 heterocycles. The van der Waals surface area contributed by atoms with Crippen molar-refractivity contribution in [2.45, 2.75) is 18.8 Å². The quantitative estimate of drug-likeness (QED) is 0.765. The molecule has 1 atom stereocenters. The lowest BCUT2D eigenvalue weighted by Crippen LogP contribution is -2.14. The Morgan fingerprint density at radius 3 is 3.15 bits per heavy atom. The van der Waals surface area contributed by atoms with Gasteiger partial charge in [-0.25, -0.2) is 0 Å². The number of halogens is 1. The van der Waals surface area contributed by atoms with Crippen molar-refractivity contribution in [1.29, 1.82) is 0 Å². The summed E-state index contributed by atoms with van der Waals surface area (Å²) in [6.07, 6.45) is 2.44. The Labute approximate surface area is 84.1 Å². The summed E-state index contributed by atoms with van der Waals surface area (Å²) < 4.78 is 0. The highest BCUT2D eigenvalue weighted by Gasteiger charge is 2.21. The Balaban J connectivity index is 2.27. The van der Waals surface area contributed by atoms with Crippen LogP contribution in [0.5, 0.6) is 0 Å². The predicted octanol–water partition coefficient (Wildman–Crippen LogP) is 2.59. The van der Waals surface area contributed by atoms with Crippen LogP contribution < -0.4 is 5.32 Å². The highest BCUT2D eigenvalue weighted by atomic mass is 35.5. The molecule has 70 valence electrons. The van der Waals surface area contributed by atoms with E-state index in [1.807, 2.05) is 13.1 Å². The molecule has 2 heteroatoms. The first-order valence-corrected chi connectivity index (χ1v) is 5.12. The van der Waals surface area contributed by atoms with Crippen molar-refractivity contribution in [1.82, 2.24) is 5.32 Å². The van der Waals surface area contributed by atoms with Crippen LogP contribution in [0.1, 0.15) is 23.5 Å². The number of hydrogen-bond donors (Lipinski definition) is 1. The van der Waals surface area contributed by atoms with E-state index in [1.54, 1.807) is 0 Å². The van der Waals surface area contributed by atoms with Crippen LogP contribution in [0.2, 0.25) is 5.02 Å². The lowest BCUT2D eigenvalue weighted by molar-refractivity contribution is 0.623. The third-order valence-corrected chi connectivity index (χ3v) is 2.99. The molecule has 13 heavy (non-hydrogen) atoms. The van der Waals surface area contributed by atoms with Gasteiger partial charge < -0.3 is 5.32 Å². The number of nitrogens with one attached hydrogen (secondary N) is 1. The van der Waals surface area contributed by atoms with Gasteiger partial charge in [0.05, 0.1) is 0 Å². The molecule has 0 bridgehead atoms. The number of rotatable bonds is 2. The maximum Gasteiger partial charge on any atom is 0.0408 e. The molecule has 1 aromatic rings. The summed E-state index contributed by atoms with van der Waals surface area (Å²) in [4.78, 5) is 0. The second-order valence-electron chi connectivity index (χ2n) is 3.64. The molecule has 0 saturated carbocycles. The van der Waals surface area contributed by atoms with Crippen LogP contribution in [0.4, 0.5) is 0 Å². The van der Waals surface area contributed by atoms with Crippen molar-refractivity contribution < 1.29 is 0 Å². The first kappa shape index (κ1) is 9.04. The number of aryl methyl sites for hydroxylation is 1. The second kappa shape index (κ2) is 3.69. The van der Waals surface area contributed by atoms with E-state index in [0.29, 0.717) is 5.92 Å². The van der Waals surface area contributed by atoms with Crippen LogP contribution in [0.25, 0.3) is 0 Å². The van der Waals surface area contributed by atoms with Gasteiger partial charge in [-0.15, -0.1) is 0 Å². The third-order valence-electron chi connectivity index (χ3n) is 2.76. The molecule has 0 saturated heterocycles. The first-order valence-electron chi connectivity index (χ1n) is 4.74. The van der Waals surface area contributed by atoms with Crippen molar-refractivity contribution in [2.24, 2.45) is 0 Å². The van der Waals surface area contributed by atoms with Crippen LogP contribution in [0, 0.1) is 0 Å². The van der Waals surface area contributed by atoms with Crippen LogP contribution in [-0.2, 0) is 6.42 Å². The van der Waals surface area contributed by atoms with Crippen LogP contribution in [-0.4, -0.2) is 13.6 Å². The smallest absolute Gasteiger partial charge is 0.0408 e. The molecule has 1 N–H and O–H groups in total. The van der Waals surface area contributed by atoms with Gasteiger partial charge in [-0.3, -0.25) is 0 Å². The van der Waals surface area contributed by atoms with E-state index in [1.165, 1.54) is 24.0 Å². The Bertz CT molecular complexity index is 309. The summed E-state index contributed by atoms with van der Waals surface area (Å²) >= 11 is 5.93. The molecule has 0 amide bonds. The zero-order valence-corrected chi connectivity index (χ0v) is 8.56. The minimum absolute atomic E-state index is 0.692. The molecule has 0 fully saturated rings. The first-order chi connectivity index (χ1) is 6.31. The predicted molar refractivity (Wildman–Crippen MR) is 56.4 cm³/mol. The molecule has 1 aliphatic carbocycles. The van der Waals surface area contributed by atoms with Crippen LogP contribution in [0.3, 0.4) is 0 Å². The Morgan fingerprint density at radius 2 is 2.38 bits per heavy atom. The number of fused-ring (bicyclic) bond motifs is 1. The molecule has 0 spiro atoms. The van der Waals surface area contributed by atoms with Gasteiger partial charge in [0.2, 0.25) is 0 Å². The van der Waals surface area contributed by atoms with Gasteiger partial charge in [0.1, 0.15) is 0 Å². The number of likely N-dealkylation sites (N-methyl/N-ethyl adjacent to an activating group) is 1. The maximum atomic E-state index is 5.93. The summed E-state index contributed by atoms with van der Waals surface area (Å²) in [6.45, 7) is 1.08. The summed E-state index contributed by atoms with van der Waals surface area (Å²) in [6, 6.07) is 6.27. The fourth-order valence-corrected chi connectivity index (χ4v) is 2.33. The summed E-state index contributed by atoms with van der Waals surface area (Å²) in [5, 5.41) is 4.10. The topological polar surface area (TPSA) is 12.0 Å². The van der Waals surface area contributed by atoms with E-state index in [9.17, 15) is 0 Å². The van der Waals surface area contributed by atoms with Crippen LogP contribution in [0.15, 0.2) is 18.2 Å². The van der Waals surface area contributed by atoms with E-state index < -0.39 is 0 Å². The summed E-state index contributed by atoms with van der Waals surface area (Å²) in [5.41, 5.74) is 2.92. The highest BCUT2D eigenvalue weighted by Crippen LogP contribution is 2.33. The van der Waals surface area contributed by atoms with Gasteiger partial charge in [0, 0.05) is 11.6 Å². The van der Waals surface area contributed by atoms with Gasteiger partial charge in [0.25, 0.3) is 0 Å². The molecule has 2 rings (SSSR count). The standard InChI is InChI=1S/C11H14ClN/c1-13-7-9-3-2-8-6-10(12)4-5-11(8)9/h4-6,9,13H,2-3,7H2,1H3. The van der Waals surface area contributed by atoms with Crippen molar-refractivity contribution in [2.75, 3.05) is 13.6 Å². The molecule has 0 radical (unpaired) electrons. The average molecular weight is 196 g/mol. The van der Waals surface area contributed by atoms with Gasteiger partial charge >= 0.3 is 0 Å². The Kier molecular flexibility index (Phi) is 2.56. The van der Waals surface area contributed by atoms with E-state index in [-0.39, 0.29) is 0 Å². The van der Waals surface area contributed by atoms with Gasteiger partial charge in [0.15, 0.2) is 0 Å². The van der Waals surface area contributed by atoms with E-state index in [4.69, 9.17) is 11.6 Å². The normalized spacial score (nSPS) is 20.3. The molecule has 0 aromatic heterocycles. The summed E-state index contributed by atoms with van der Waals surface area (Å²) in [7, 11) is 2.01. The minimum Gasteiger partial charge on any atom is -0.319 e. The minimum atomic E-state index is 0.692. The molecular weight excluding hydrogens is 182 g/mol. The number of hydrogen-bond acceptors (Lipinski definition) is 1. The lowest BCUT2D eigenvalue weighted by Gasteiger charge is -2.10. The fraction of sp³-hybridized carbons (Fsp3) is 0.455. The Hall–Kier alpha value is -0.530. The Morgan fingerprint density at radius 1 is 1.54 bits per heavy atom. The van der Waals surface area contributed by atoms with Crippen molar-refractivity contribution in [3.05, 3.63) is 34.3 Å². The molecular formula is C11H14ClN. The van der Waals surface area contributed by atoms with Crippen molar-refractivity contribution in [3.63, 3.8) is 0 Å². The molecule has 0 aliphatic heterocycles. The third kappa shape index (κ3) is 1.72. The zero-order valence-electron chi connectivity index (χ0n) is 7.81. The highest BCUT2D eigenvalue weighted by molar-refractivity contribution is 6.30. The number of benzene rings is 1. The van der Waals surface area contributed by atoms with Gasteiger partial charge in [-0.2, -0.15) is 0 Å². The average Bonchev–Trinajstić information content (AvgIpc) is 2.49. The molecule has 1 aliphatic rings. The molecule has 1 unspecified atom stereocenters. The van der Waals surface area contributed by atoms with Gasteiger partial charge in [-0.05, 0) is 49.1 Å². The largest absolute Gasteiger partial charge is 0.319 e. The monoisotopic (exact) mass is 195 g/mol. The summed E-state index contributed by atoms with van der Waals surface area (Å²) in [5.74, 6) is 0.692. The van der Waals surface area contributed by atoms with E-state index in [2.05, 4.69) is 17.4 Å². The van der Waals surface area contributed by atoms with Crippen molar-refractivity contribution >= 4 is 11.6 Å². The molecule has 1 aromatic carbocycles. The van der Waals surface area contributed by atoms with Crippen molar-refractivity contribution in [3.8, 4) is 0 Å².